The van der Waals surface area contributed by atoms with Crippen LogP contribution in [0.5, 0.6) is 5.75 Å². The quantitative estimate of drug-likeness (QED) is 0.830. The SMILES string of the molecule is Cc1noc(C)c1/C=C1\SC(=O)NC1=Nc1ccc(OC(F)(F)F)cc1. The standard InChI is InChI=1S/C16H12F3N3O3S/c1-8-12(9(2)25-22-8)7-13-14(21-15(23)26-13)20-10-3-5-11(6-4-10)24-16(17,18)19/h3-7H,1-2H3,(H,20,21,23)/b13-7-. The van der Waals surface area contributed by atoms with Gasteiger partial charge in [-0.15, -0.1) is 13.2 Å². The van der Waals surface area contributed by atoms with Crippen LogP contribution in [-0.2, 0) is 0 Å². The molecule has 1 aliphatic heterocycles. The number of nitrogens with one attached hydrogen (secondary N) is 1. The maximum Gasteiger partial charge on any atom is 0.573 e. The van der Waals surface area contributed by atoms with Crippen molar-refractivity contribution in [3.8, 4) is 5.75 Å². The second-order valence-electron chi connectivity index (χ2n) is 5.26. The number of aryl methyl sites for hydroxylation is 2. The van der Waals surface area contributed by atoms with Gasteiger partial charge in [-0.05, 0) is 56.0 Å². The fourth-order valence-corrected chi connectivity index (χ4v) is 2.91. The summed E-state index contributed by atoms with van der Waals surface area (Å²) in [7, 11) is 0. The van der Waals surface area contributed by atoms with E-state index < -0.39 is 6.36 Å². The first-order valence-corrected chi connectivity index (χ1v) is 8.11. The van der Waals surface area contributed by atoms with E-state index in [4.69, 9.17) is 4.52 Å². The third kappa shape index (κ3) is 4.26. The fraction of sp³-hybridized carbons (Fsp3) is 0.188. The Kier molecular flexibility index (Phi) is 4.77. The minimum Gasteiger partial charge on any atom is -0.406 e. The summed E-state index contributed by atoms with van der Waals surface area (Å²) in [6.45, 7) is 3.52. The number of halogens is 3. The highest BCUT2D eigenvalue weighted by molar-refractivity contribution is 8.18. The van der Waals surface area contributed by atoms with Crippen LogP contribution in [0.4, 0.5) is 23.7 Å². The molecule has 2 heterocycles. The maximum absolute atomic E-state index is 12.2. The average molecular weight is 383 g/mol. The van der Waals surface area contributed by atoms with Crippen molar-refractivity contribution in [1.29, 1.82) is 0 Å². The number of alkyl halides is 3. The number of hydrogen-bond donors (Lipinski definition) is 1. The van der Waals surface area contributed by atoms with Crippen molar-refractivity contribution in [3.05, 3.63) is 46.2 Å². The molecule has 6 nitrogen and oxygen atoms in total. The predicted molar refractivity (Wildman–Crippen MR) is 90.3 cm³/mol. The van der Waals surface area contributed by atoms with Gasteiger partial charge in [-0.2, -0.15) is 0 Å². The van der Waals surface area contributed by atoms with Gasteiger partial charge in [-0.1, -0.05) is 5.16 Å². The molecule has 1 N–H and O–H groups in total. The van der Waals surface area contributed by atoms with Gasteiger partial charge in [-0.3, -0.25) is 4.79 Å². The Bertz CT molecular complexity index is 882. The molecule has 3 rings (SSSR count). The molecule has 1 amide bonds. The van der Waals surface area contributed by atoms with Gasteiger partial charge in [0.25, 0.3) is 5.24 Å². The van der Waals surface area contributed by atoms with Gasteiger partial charge in [0.15, 0.2) is 0 Å². The van der Waals surface area contributed by atoms with Gasteiger partial charge >= 0.3 is 6.36 Å². The molecule has 136 valence electrons. The van der Waals surface area contributed by atoms with Crippen LogP contribution >= 0.6 is 11.8 Å². The van der Waals surface area contributed by atoms with Gasteiger partial charge < -0.3 is 14.6 Å². The monoisotopic (exact) mass is 383 g/mol. The lowest BCUT2D eigenvalue weighted by Crippen LogP contribution is -2.18. The van der Waals surface area contributed by atoms with E-state index in [1.54, 1.807) is 19.9 Å². The van der Waals surface area contributed by atoms with Crippen molar-refractivity contribution in [1.82, 2.24) is 10.5 Å². The van der Waals surface area contributed by atoms with Gasteiger partial charge in [0, 0.05) is 5.56 Å². The number of carbonyl (C=O) groups excluding carboxylic acids is 1. The number of aromatic nitrogens is 1. The summed E-state index contributed by atoms with van der Waals surface area (Å²) < 4.78 is 45.5. The van der Waals surface area contributed by atoms with Gasteiger partial charge in [0.05, 0.1) is 16.3 Å². The molecule has 10 heteroatoms. The Hall–Kier alpha value is -2.75. The molecule has 1 aromatic carbocycles. The first kappa shape index (κ1) is 18.1. The molecular weight excluding hydrogens is 371 g/mol. The summed E-state index contributed by atoms with van der Waals surface area (Å²) in [5.41, 5.74) is 1.77. The highest BCUT2D eigenvalue weighted by Gasteiger charge is 2.31. The van der Waals surface area contributed by atoms with Crippen molar-refractivity contribution < 1.29 is 27.2 Å². The zero-order chi connectivity index (χ0) is 18.9. The largest absolute Gasteiger partial charge is 0.573 e. The Labute approximate surface area is 150 Å². The molecule has 1 saturated heterocycles. The Morgan fingerprint density at radius 3 is 2.54 bits per heavy atom. The van der Waals surface area contributed by atoms with Crippen LogP contribution in [0, 0.1) is 13.8 Å². The molecule has 0 aliphatic carbocycles. The summed E-state index contributed by atoms with van der Waals surface area (Å²) in [5, 5.41) is 6.14. The van der Waals surface area contributed by atoms with E-state index in [1.165, 1.54) is 12.1 Å². The molecule has 26 heavy (non-hydrogen) atoms. The molecule has 1 aliphatic rings. The minimum atomic E-state index is -4.76. The van der Waals surface area contributed by atoms with E-state index >= 15 is 0 Å². The van der Waals surface area contributed by atoms with Crippen LogP contribution in [0.25, 0.3) is 6.08 Å². The second-order valence-corrected chi connectivity index (χ2v) is 6.28. The van der Waals surface area contributed by atoms with Gasteiger partial charge in [0.1, 0.15) is 17.3 Å². The summed E-state index contributed by atoms with van der Waals surface area (Å²) in [6, 6.07) is 5.01. The van der Waals surface area contributed by atoms with Crippen molar-refractivity contribution >= 4 is 34.6 Å². The molecule has 0 spiro atoms. The summed E-state index contributed by atoms with van der Waals surface area (Å²) >= 11 is 0.957. The van der Waals surface area contributed by atoms with Crippen LogP contribution in [-0.4, -0.2) is 22.6 Å². The molecular formula is C16H12F3N3O3S. The molecule has 0 radical (unpaired) electrons. The van der Waals surface area contributed by atoms with E-state index in [2.05, 4.69) is 20.2 Å². The number of rotatable bonds is 3. The zero-order valence-corrected chi connectivity index (χ0v) is 14.4. The topological polar surface area (TPSA) is 76.7 Å². The number of nitrogens with zero attached hydrogens (tertiary/aromatic N) is 2. The smallest absolute Gasteiger partial charge is 0.406 e. The van der Waals surface area contributed by atoms with E-state index in [1.807, 2.05) is 0 Å². The molecule has 0 bridgehead atoms. The summed E-state index contributed by atoms with van der Waals surface area (Å²) in [6.07, 6.45) is -3.03. The van der Waals surface area contributed by atoms with Crippen molar-refractivity contribution in [3.63, 3.8) is 0 Å². The lowest BCUT2D eigenvalue weighted by molar-refractivity contribution is -0.274. The van der Waals surface area contributed by atoms with E-state index in [-0.39, 0.29) is 11.0 Å². The van der Waals surface area contributed by atoms with Crippen molar-refractivity contribution in [2.24, 2.45) is 4.99 Å². The molecule has 1 aromatic heterocycles. The lowest BCUT2D eigenvalue weighted by atomic mass is 10.2. The number of ether oxygens (including phenoxy) is 1. The van der Waals surface area contributed by atoms with E-state index in [9.17, 15) is 18.0 Å². The van der Waals surface area contributed by atoms with Crippen molar-refractivity contribution in [2.75, 3.05) is 0 Å². The molecule has 1 fully saturated rings. The summed E-state index contributed by atoms with van der Waals surface area (Å²) in [4.78, 5) is 16.5. The van der Waals surface area contributed by atoms with Crippen LogP contribution < -0.4 is 10.1 Å². The van der Waals surface area contributed by atoms with Gasteiger partial charge in [0.2, 0.25) is 0 Å². The number of thioether (sulfide) groups is 1. The Balaban J connectivity index is 1.88. The molecule has 0 unspecified atom stereocenters. The Morgan fingerprint density at radius 2 is 1.96 bits per heavy atom. The van der Waals surface area contributed by atoms with Crippen LogP contribution in [0.3, 0.4) is 0 Å². The first-order valence-electron chi connectivity index (χ1n) is 7.29. The van der Waals surface area contributed by atoms with Crippen LogP contribution in [0.2, 0.25) is 0 Å². The van der Waals surface area contributed by atoms with E-state index in [0.717, 1.165) is 29.5 Å². The van der Waals surface area contributed by atoms with Gasteiger partial charge in [-0.25, -0.2) is 4.99 Å². The number of benzene rings is 1. The number of carbonyl (C=O) groups is 1. The number of amidine groups is 1. The number of amides is 1. The fourth-order valence-electron chi connectivity index (χ4n) is 2.19. The zero-order valence-electron chi connectivity index (χ0n) is 13.5. The molecule has 2 aromatic rings. The molecule has 0 atom stereocenters. The first-order chi connectivity index (χ1) is 12.2. The highest BCUT2D eigenvalue weighted by Crippen LogP contribution is 2.31. The van der Waals surface area contributed by atoms with E-state index in [0.29, 0.717) is 27.9 Å². The number of aliphatic imine (C=N–C) groups is 1. The maximum atomic E-state index is 12.2. The average Bonchev–Trinajstić information content (AvgIpc) is 3.04. The minimum absolute atomic E-state index is 0.296. The molecule has 0 saturated carbocycles. The lowest BCUT2D eigenvalue weighted by Gasteiger charge is -2.08. The summed E-state index contributed by atoms with van der Waals surface area (Å²) in [5.74, 6) is 0.546. The Morgan fingerprint density at radius 1 is 1.27 bits per heavy atom. The third-order valence-electron chi connectivity index (χ3n) is 3.33. The third-order valence-corrected chi connectivity index (χ3v) is 4.15. The number of hydrogen-bond acceptors (Lipinski definition) is 6. The predicted octanol–water partition coefficient (Wildman–Crippen LogP) is 4.72. The normalized spacial score (nSPS) is 17.8. The second kappa shape index (κ2) is 6.87. The van der Waals surface area contributed by atoms with Crippen molar-refractivity contribution in [2.45, 2.75) is 20.2 Å². The van der Waals surface area contributed by atoms with Crippen LogP contribution in [0.1, 0.15) is 17.0 Å². The highest BCUT2D eigenvalue weighted by atomic mass is 32.2. The van der Waals surface area contributed by atoms with Crippen LogP contribution in [0.15, 0.2) is 38.7 Å².